The number of methoxy groups -OCH3 is 1. The van der Waals surface area contributed by atoms with Crippen molar-refractivity contribution in [2.45, 2.75) is 20.3 Å². The van der Waals surface area contributed by atoms with E-state index in [2.05, 4.69) is 10.5 Å². The van der Waals surface area contributed by atoms with Crippen molar-refractivity contribution in [3.05, 3.63) is 64.7 Å². The summed E-state index contributed by atoms with van der Waals surface area (Å²) >= 11 is 0. The first kappa shape index (κ1) is 15.8. The van der Waals surface area contributed by atoms with Crippen LogP contribution in [0.25, 0.3) is 0 Å². The molecule has 114 valence electrons. The molecule has 22 heavy (non-hydrogen) atoms. The Hall–Kier alpha value is -2.62. The number of nitrogens with one attached hydrogen (secondary N) is 1. The van der Waals surface area contributed by atoms with Crippen LogP contribution < -0.4 is 10.2 Å². The summed E-state index contributed by atoms with van der Waals surface area (Å²) in [7, 11) is 1.63. The number of nitrogens with zero attached hydrogens (tertiary/aromatic N) is 1. The van der Waals surface area contributed by atoms with Crippen LogP contribution in [-0.4, -0.2) is 19.2 Å². The van der Waals surface area contributed by atoms with E-state index in [4.69, 9.17) is 4.74 Å². The summed E-state index contributed by atoms with van der Waals surface area (Å²) < 4.78 is 5.25. The van der Waals surface area contributed by atoms with Crippen molar-refractivity contribution in [3.8, 4) is 5.75 Å². The number of hydrazone groups is 1. The number of ether oxygens (including phenoxy) is 1. The Morgan fingerprint density at radius 3 is 2.59 bits per heavy atom. The molecule has 0 radical (unpaired) electrons. The van der Waals surface area contributed by atoms with Crippen molar-refractivity contribution >= 4 is 12.1 Å². The zero-order valence-corrected chi connectivity index (χ0v) is 13.1. The first-order valence-electron chi connectivity index (χ1n) is 7.10. The summed E-state index contributed by atoms with van der Waals surface area (Å²) in [6.45, 7) is 3.99. The van der Waals surface area contributed by atoms with E-state index < -0.39 is 0 Å². The van der Waals surface area contributed by atoms with Crippen LogP contribution in [0.4, 0.5) is 0 Å². The van der Waals surface area contributed by atoms with Gasteiger partial charge in [-0.3, -0.25) is 4.79 Å². The number of hydrogen-bond donors (Lipinski definition) is 1. The molecule has 0 heterocycles. The maximum Gasteiger partial charge on any atom is 0.244 e. The molecule has 2 rings (SSSR count). The minimum absolute atomic E-state index is 0.140. The predicted molar refractivity (Wildman–Crippen MR) is 88.4 cm³/mol. The molecule has 0 saturated heterocycles. The Morgan fingerprint density at radius 2 is 1.91 bits per heavy atom. The molecule has 0 atom stereocenters. The average Bonchev–Trinajstić information content (AvgIpc) is 2.51. The number of amides is 1. The highest BCUT2D eigenvalue weighted by molar-refractivity contribution is 5.83. The number of carbonyl (C=O) groups is 1. The highest BCUT2D eigenvalue weighted by Crippen LogP contribution is 2.17. The van der Waals surface area contributed by atoms with Crippen LogP contribution in [0.2, 0.25) is 0 Å². The predicted octanol–water partition coefficient (Wildman–Crippen LogP) is 3.00. The zero-order valence-electron chi connectivity index (χ0n) is 13.1. The van der Waals surface area contributed by atoms with Crippen molar-refractivity contribution in [2.75, 3.05) is 7.11 Å². The SMILES string of the molecule is COc1cc(C=NNC(=O)Cc2ccc(C)cc2)ccc1C. The molecule has 0 aliphatic carbocycles. The minimum atomic E-state index is -0.140. The third-order valence-electron chi connectivity index (χ3n) is 3.32. The van der Waals surface area contributed by atoms with Gasteiger partial charge in [-0.05, 0) is 36.6 Å². The fourth-order valence-electron chi connectivity index (χ4n) is 2.03. The fourth-order valence-corrected chi connectivity index (χ4v) is 2.03. The first-order valence-corrected chi connectivity index (χ1v) is 7.10. The molecular formula is C18H20N2O2. The van der Waals surface area contributed by atoms with Crippen LogP contribution in [0.3, 0.4) is 0 Å². The molecule has 0 bridgehead atoms. The molecule has 2 aromatic carbocycles. The fraction of sp³-hybridized carbons (Fsp3) is 0.222. The summed E-state index contributed by atoms with van der Waals surface area (Å²) in [6.07, 6.45) is 1.92. The topological polar surface area (TPSA) is 50.7 Å². The number of rotatable bonds is 5. The van der Waals surface area contributed by atoms with Gasteiger partial charge >= 0.3 is 0 Å². The third kappa shape index (κ3) is 4.45. The zero-order chi connectivity index (χ0) is 15.9. The van der Waals surface area contributed by atoms with E-state index in [1.54, 1.807) is 13.3 Å². The molecule has 0 aliphatic heterocycles. The Balaban J connectivity index is 1.91. The molecule has 4 heteroatoms. The summed E-state index contributed by atoms with van der Waals surface area (Å²) in [6, 6.07) is 13.6. The van der Waals surface area contributed by atoms with Crippen LogP contribution in [0.15, 0.2) is 47.6 Å². The number of aryl methyl sites for hydroxylation is 2. The number of carbonyl (C=O) groups excluding carboxylic acids is 1. The van der Waals surface area contributed by atoms with Gasteiger partial charge in [0.25, 0.3) is 0 Å². The molecule has 1 N–H and O–H groups in total. The second-order valence-electron chi connectivity index (χ2n) is 5.18. The van der Waals surface area contributed by atoms with Gasteiger partial charge in [-0.2, -0.15) is 5.10 Å². The van der Waals surface area contributed by atoms with Crippen molar-refractivity contribution in [2.24, 2.45) is 5.10 Å². The van der Waals surface area contributed by atoms with Crippen molar-refractivity contribution in [1.82, 2.24) is 5.43 Å². The van der Waals surface area contributed by atoms with Crippen LogP contribution in [0.5, 0.6) is 5.75 Å². The second-order valence-corrected chi connectivity index (χ2v) is 5.18. The molecule has 1 amide bonds. The van der Waals surface area contributed by atoms with E-state index in [-0.39, 0.29) is 5.91 Å². The number of hydrogen-bond acceptors (Lipinski definition) is 3. The van der Waals surface area contributed by atoms with Gasteiger partial charge in [-0.25, -0.2) is 5.43 Å². The molecule has 0 aliphatic rings. The van der Waals surface area contributed by atoms with E-state index in [9.17, 15) is 4.79 Å². The highest BCUT2D eigenvalue weighted by atomic mass is 16.5. The summed E-state index contributed by atoms with van der Waals surface area (Å²) in [4.78, 5) is 11.8. The summed E-state index contributed by atoms with van der Waals surface area (Å²) in [5, 5.41) is 3.98. The van der Waals surface area contributed by atoms with E-state index in [1.807, 2.05) is 56.3 Å². The molecule has 0 unspecified atom stereocenters. The van der Waals surface area contributed by atoms with E-state index in [1.165, 1.54) is 5.56 Å². The first-order chi connectivity index (χ1) is 10.6. The lowest BCUT2D eigenvalue weighted by Gasteiger charge is -2.05. The summed E-state index contributed by atoms with van der Waals surface area (Å²) in [5.41, 5.74) is 6.61. The van der Waals surface area contributed by atoms with Gasteiger partial charge in [0.1, 0.15) is 5.75 Å². The standard InChI is InChI=1S/C18H20N2O2/c1-13-4-7-15(8-5-13)11-18(21)20-19-12-16-9-6-14(2)17(10-16)22-3/h4-10,12H,11H2,1-3H3,(H,20,21). The third-order valence-corrected chi connectivity index (χ3v) is 3.32. The lowest BCUT2D eigenvalue weighted by molar-refractivity contribution is -0.120. The Morgan fingerprint density at radius 1 is 1.18 bits per heavy atom. The maximum absolute atomic E-state index is 11.8. The van der Waals surface area contributed by atoms with Crippen LogP contribution in [0.1, 0.15) is 22.3 Å². The molecule has 0 saturated carbocycles. The lowest BCUT2D eigenvalue weighted by Crippen LogP contribution is -2.19. The molecule has 2 aromatic rings. The minimum Gasteiger partial charge on any atom is -0.496 e. The molecule has 0 aromatic heterocycles. The Labute approximate surface area is 130 Å². The van der Waals surface area contributed by atoms with Crippen LogP contribution in [-0.2, 0) is 11.2 Å². The van der Waals surface area contributed by atoms with E-state index >= 15 is 0 Å². The number of benzene rings is 2. The van der Waals surface area contributed by atoms with Gasteiger partial charge in [0, 0.05) is 0 Å². The molecule has 0 fully saturated rings. The lowest BCUT2D eigenvalue weighted by atomic mass is 10.1. The van der Waals surface area contributed by atoms with Crippen LogP contribution in [0, 0.1) is 13.8 Å². The van der Waals surface area contributed by atoms with Crippen molar-refractivity contribution in [1.29, 1.82) is 0 Å². The normalized spacial score (nSPS) is 10.7. The van der Waals surface area contributed by atoms with Crippen molar-refractivity contribution < 1.29 is 9.53 Å². The van der Waals surface area contributed by atoms with Gasteiger partial charge in [0.05, 0.1) is 19.7 Å². The van der Waals surface area contributed by atoms with Crippen molar-refractivity contribution in [3.63, 3.8) is 0 Å². The second kappa shape index (κ2) is 7.41. The Bertz CT molecular complexity index is 676. The largest absolute Gasteiger partial charge is 0.496 e. The smallest absolute Gasteiger partial charge is 0.244 e. The van der Waals surface area contributed by atoms with Crippen LogP contribution >= 0.6 is 0 Å². The van der Waals surface area contributed by atoms with E-state index in [0.29, 0.717) is 6.42 Å². The molecule has 4 nitrogen and oxygen atoms in total. The quantitative estimate of drug-likeness (QED) is 0.681. The van der Waals surface area contributed by atoms with E-state index in [0.717, 1.165) is 22.4 Å². The van der Waals surface area contributed by atoms with Gasteiger partial charge in [0.15, 0.2) is 0 Å². The molecule has 0 spiro atoms. The highest BCUT2D eigenvalue weighted by Gasteiger charge is 2.02. The summed E-state index contributed by atoms with van der Waals surface area (Å²) in [5.74, 6) is 0.661. The van der Waals surface area contributed by atoms with Gasteiger partial charge in [-0.1, -0.05) is 42.0 Å². The molecular weight excluding hydrogens is 276 g/mol. The average molecular weight is 296 g/mol. The van der Waals surface area contributed by atoms with Gasteiger partial charge < -0.3 is 4.74 Å². The van der Waals surface area contributed by atoms with Gasteiger partial charge in [-0.15, -0.1) is 0 Å². The monoisotopic (exact) mass is 296 g/mol. The Kier molecular flexibility index (Phi) is 5.31. The van der Waals surface area contributed by atoms with Gasteiger partial charge in [0.2, 0.25) is 5.91 Å². The maximum atomic E-state index is 11.8.